The molecule has 0 saturated carbocycles. The smallest absolute Gasteiger partial charge is 0.262 e. The van der Waals surface area contributed by atoms with E-state index in [9.17, 15) is 9.59 Å². The predicted molar refractivity (Wildman–Crippen MR) is 165 cm³/mol. The Morgan fingerprint density at radius 3 is 2.44 bits per heavy atom. The van der Waals surface area contributed by atoms with E-state index in [0.29, 0.717) is 45.5 Å². The molecule has 11 heteroatoms. The second-order valence-corrected chi connectivity index (χ2v) is 10.6. The Balaban J connectivity index is 1.73. The molecule has 2 atom stereocenters. The maximum atomic E-state index is 13.2. The largest absolute Gasteiger partial charge is 0.490 e. The number of nitrogens with zero attached hydrogens (tertiary/aromatic N) is 1. The van der Waals surface area contributed by atoms with Gasteiger partial charge >= 0.3 is 0 Å². The highest BCUT2D eigenvalue weighted by Crippen LogP contribution is 2.36. The summed E-state index contributed by atoms with van der Waals surface area (Å²) in [5.41, 5.74) is 4.07. The summed E-state index contributed by atoms with van der Waals surface area (Å²) in [5.74, 6) is 0.478. The number of carbonyl (C=O) groups is 2. The van der Waals surface area contributed by atoms with Crippen LogP contribution in [0.3, 0.4) is 0 Å². The Labute approximate surface area is 258 Å². The highest BCUT2D eigenvalue weighted by Gasteiger charge is 2.25. The van der Waals surface area contributed by atoms with Crippen molar-refractivity contribution in [2.75, 3.05) is 13.2 Å². The van der Waals surface area contributed by atoms with Gasteiger partial charge in [0.25, 0.3) is 11.8 Å². The number of halogens is 3. The van der Waals surface area contributed by atoms with E-state index in [1.54, 1.807) is 25.1 Å². The van der Waals surface area contributed by atoms with Crippen LogP contribution in [0.1, 0.15) is 38.3 Å². The monoisotopic (exact) mass is 663 g/mol. The van der Waals surface area contributed by atoms with Gasteiger partial charge in [0.05, 0.1) is 28.9 Å². The number of hydrazone groups is 1. The number of ether oxygens (including phenoxy) is 3. The first-order chi connectivity index (χ1) is 19.7. The fraction of sp³-hybridized carbons (Fsp3) is 0.300. The van der Waals surface area contributed by atoms with E-state index in [1.165, 1.54) is 12.3 Å². The molecule has 0 heterocycles. The zero-order valence-electron chi connectivity index (χ0n) is 23.0. The number of rotatable bonds is 14. The second kappa shape index (κ2) is 16.2. The molecule has 0 radical (unpaired) electrons. The molecule has 3 rings (SSSR count). The van der Waals surface area contributed by atoms with Crippen LogP contribution in [0.5, 0.6) is 17.2 Å². The number of hydrogen-bond donors (Lipinski definition) is 2. The average Bonchev–Trinajstić information content (AvgIpc) is 2.94. The number of benzene rings is 3. The summed E-state index contributed by atoms with van der Waals surface area (Å²) in [5, 5.41) is 7.61. The quantitative estimate of drug-likeness (QED) is 0.150. The van der Waals surface area contributed by atoms with Gasteiger partial charge in [-0.3, -0.25) is 9.59 Å². The van der Waals surface area contributed by atoms with Crippen LogP contribution in [0.4, 0.5) is 0 Å². The van der Waals surface area contributed by atoms with Crippen molar-refractivity contribution in [2.45, 2.75) is 45.8 Å². The summed E-state index contributed by atoms with van der Waals surface area (Å²) >= 11 is 15.6. The predicted octanol–water partition coefficient (Wildman–Crippen LogP) is 6.59. The molecule has 0 aromatic heterocycles. The van der Waals surface area contributed by atoms with E-state index in [1.807, 2.05) is 50.2 Å². The van der Waals surface area contributed by atoms with Gasteiger partial charge in [0.1, 0.15) is 11.8 Å². The maximum absolute atomic E-state index is 13.2. The lowest BCUT2D eigenvalue weighted by Gasteiger charge is -2.21. The Kier molecular flexibility index (Phi) is 12.8. The lowest BCUT2D eigenvalue weighted by Crippen LogP contribution is -2.50. The topological polar surface area (TPSA) is 98.2 Å². The second-order valence-electron chi connectivity index (χ2n) is 8.93. The van der Waals surface area contributed by atoms with Crippen LogP contribution in [0, 0.1) is 0 Å². The minimum absolute atomic E-state index is 0.242. The van der Waals surface area contributed by atoms with Gasteiger partial charge in [-0.25, -0.2) is 5.43 Å². The van der Waals surface area contributed by atoms with Gasteiger partial charge in [-0.2, -0.15) is 5.10 Å². The van der Waals surface area contributed by atoms with Crippen molar-refractivity contribution in [1.29, 1.82) is 0 Å². The summed E-state index contributed by atoms with van der Waals surface area (Å²) in [4.78, 5) is 26.2. The lowest BCUT2D eigenvalue weighted by molar-refractivity contribution is -0.132. The van der Waals surface area contributed by atoms with Crippen molar-refractivity contribution in [3.8, 4) is 17.2 Å². The van der Waals surface area contributed by atoms with Crippen molar-refractivity contribution < 1.29 is 23.8 Å². The Hall–Kier alpha value is -3.27. The molecule has 0 aliphatic rings. The first kappa shape index (κ1) is 32.2. The first-order valence-corrected chi connectivity index (χ1v) is 14.6. The third kappa shape index (κ3) is 9.95. The molecule has 0 spiro atoms. The molecule has 0 unspecified atom stereocenters. The van der Waals surface area contributed by atoms with E-state index in [2.05, 4.69) is 31.8 Å². The Morgan fingerprint density at radius 2 is 1.76 bits per heavy atom. The number of carbonyl (C=O) groups excluding carboxylic acids is 2. The fourth-order valence-corrected chi connectivity index (χ4v) is 4.71. The fourth-order valence-electron chi connectivity index (χ4n) is 3.68. The van der Waals surface area contributed by atoms with Gasteiger partial charge in [0.2, 0.25) is 0 Å². The van der Waals surface area contributed by atoms with E-state index < -0.39 is 24.0 Å². The van der Waals surface area contributed by atoms with Gasteiger partial charge in [-0.1, -0.05) is 60.5 Å². The molecule has 218 valence electrons. The molecule has 0 saturated heterocycles. The molecule has 3 aromatic carbocycles. The van der Waals surface area contributed by atoms with Crippen LogP contribution in [0.15, 0.2) is 70.2 Å². The van der Waals surface area contributed by atoms with Crippen molar-refractivity contribution in [2.24, 2.45) is 5.10 Å². The van der Waals surface area contributed by atoms with Gasteiger partial charge in [-0.05, 0) is 77.7 Å². The summed E-state index contributed by atoms with van der Waals surface area (Å²) in [7, 11) is 0. The molecule has 0 bridgehead atoms. The number of nitrogens with one attached hydrogen (secondary N) is 2. The minimum atomic E-state index is -0.939. The molecule has 0 aliphatic carbocycles. The van der Waals surface area contributed by atoms with Crippen molar-refractivity contribution >= 4 is 57.2 Å². The van der Waals surface area contributed by atoms with Crippen molar-refractivity contribution in [3.05, 3.63) is 86.3 Å². The van der Waals surface area contributed by atoms with Gasteiger partial charge in [0, 0.05) is 11.4 Å². The zero-order chi connectivity index (χ0) is 29.8. The molecule has 41 heavy (non-hydrogen) atoms. The van der Waals surface area contributed by atoms with Crippen LogP contribution in [0.25, 0.3) is 0 Å². The van der Waals surface area contributed by atoms with Crippen molar-refractivity contribution in [3.63, 3.8) is 0 Å². The Morgan fingerprint density at radius 1 is 1.00 bits per heavy atom. The van der Waals surface area contributed by atoms with Crippen LogP contribution in [-0.4, -0.2) is 43.4 Å². The minimum Gasteiger partial charge on any atom is -0.490 e. The normalized spacial score (nSPS) is 12.4. The standard InChI is InChI=1S/C30H32BrCl2N3O5/c1-4-13-40-28-23(31)14-21(16-27(28)39-5-2)18-34-36-30(38)25(15-20-9-7-6-8-10-20)35-29(37)19(3)41-26-12-11-22(32)17-24(26)33/h6-12,14,16-19,25H,4-5,13,15H2,1-3H3,(H,35,37)(H,36,38)/b34-18-/t19-,25+/m1/s1. The number of amides is 2. The highest BCUT2D eigenvalue weighted by atomic mass is 79.9. The number of hydrogen-bond acceptors (Lipinski definition) is 6. The summed E-state index contributed by atoms with van der Waals surface area (Å²) < 4.78 is 18.0. The summed E-state index contributed by atoms with van der Waals surface area (Å²) in [6.07, 6.45) is 1.65. The summed E-state index contributed by atoms with van der Waals surface area (Å²) in [6, 6.07) is 16.7. The molecule has 3 aromatic rings. The molecular weight excluding hydrogens is 633 g/mol. The molecular formula is C30H32BrCl2N3O5. The average molecular weight is 665 g/mol. The van der Waals surface area contributed by atoms with Gasteiger partial charge in [-0.15, -0.1) is 0 Å². The van der Waals surface area contributed by atoms with E-state index in [4.69, 9.17) is 37.4 Å². The van der Waals surface area contributed by atoms with Crippen LogP contribution < -0.4 is 25.0 Å². The molecule has 2 amide bonds. The molecule has 0 fully saturated rings. The molecule has 8 nitrogen and oxygen atoms in total. The maximum Gasteiger partial charge on any atom is 0.262 e. The van der Waals surface area contributed by atoms with Crippen LogP contribution >= 0.6 is 39.1 Å². The molecule has 0 aliphatic heterocycles. The van der Waals surface area contributed by atoms with E-state index in [-0.39, 0.29) is 11.4 Å². The van der Waals surface area contributed by atoms with Crippen LogP contribution in [0.2, 0.25) is 10.0 Å². The third-order valence-corrected chi connectivity index (χ3v) is 6.77. The Bertz CT molecular complexity index is 1360. The highest BCUT2D eigenvalue weighted by molar-refractivity contribution is 9.10. The van der Waals surface area contributed by atoms with E-state index in [0.717, 1.165) is 12.0 Å². The SMILES string of the molecule is CCCOc1c(Br)cc(/C=N\NC(=O)[C@H](Cc2ccccc2)NC(=O)[C@@H](C)Oc2ccc(Cl)cc2Cl)cc1OCC. The first-order valence-electron chi connectivity index (χ1n) is 13.1. The third-order valence-electron chi connectivity index (χ3n) is 5.65. The van der Waals surface area contributed by atoms with Crippen LogP contribution in [-0.2, 0) is 16.0 Å². The zero-order valence-corrected chi connectivity index (χ0v) is 26.1. The van der Waals surface area contributed by atoms with Gasteiger partial charge < -0.3 is 19.5 Å². The van der Waals surface area contributed by atoms with Gasteiger partial charge in [0.15, 0.2) is 17.6 Å². The lowest BCUT2D eigenvalue weighted by atomic mass is 10.1. The van der Waals surface area contributed by atoms with E-state index >= 15 is 0 Å². The summed E-state index contributed by atoms with van der Waals surface area (Å²) in [6.45, 7) is 6.48. The molecule has 2 N–H and O–H groups in total. The van der Waals surface area contributed by atoms with Crippen molar-refractivity contribution in [1.82, 2.24) is 10.7 Å².